The summed E-state index contributed by atoms with van der Waals surface area (Å²) in [5, 5.41) is 4.24. The summed E-state index contributed by atoms with van der Waals surface area (Å²) in [5.41, 5.74) is 7.36. The Bertz CT molecular complexity index is 483. The fourth-order valence-electron chi connectivity index (χ4n) is 1.39. The van der Waals surface area contributed by atoms with Crippen LogP contribution in [0.25, 0.3) is 0 Å². The van der Waals surface area contributed by atoms with Crippen LogP contribution in [0.3, 0.4) is 0 Å². The third kappa shape index (κ3) is 3.29. The van der Waals surface area contributed by atoms with Crippen molar-refractivity contribution in [2.24, 2.45) is 5.73 Å². The first-order valence-electron chi connectivity index (χ1n) is 5.62. The Morgan fingerprint density at radius 1 is 1.41 bits per heavy atom. The van der Waals surface area contributed by atoms with E-state index in [0.717, 1.165) is 11.3 Å². The number of nitrogens with two attached hydrogens (primary N) is 1. The second-order valence-electron chi connectivity index (χ2n) is 5.14. The molecule has 17 heavy (non-hydrogen) atoms. The molecule has 0 atom stereocenters. The Labute approximate surface area is 103 Å². The molecule has 1 aromatic rings. The van der Waals surface area contributed by atoms with Crippen LogP contribution < -0.4 is 5.73 Å². The first-order chi connectivity index (χ1) is 7.67. The van der Waals surface area contributed by atoms with Gasteiger partial charge in [-0.25, -0.2) is 8.42 Å². The van der Waals surface area contributed by atoms with Crippen molar-refractivity contribution in [1.82, 2.24) is 9.78 Å². The van der Waals surface area contributed by atoms with Gasteiger partial charge >= 0.3 is 0 Å². The molecule has 0 aromatic carbocycles. The number of nitrogens with zero attached hydrogens (tertiary/aromatic N) is 2. The highest BCUT2D eigenvalue weighted by molar-refractivity contribution is 7.92. The molecule has 0 saturated carbocycles. The SMILES string of the molecule is Cc1nn(CCS(=O)(=O)C(C)(C)C)cc1CN. The van der Waals surface area contributed by atoms with E-state index in [0.29, 0.717) is 13.1 Å². The number of rotatable bonds is 4. The summed E-state index contributed by atoms with van der Waals surface area (Å²) in [7, 11) is -3.10. The van der Waals surface area contributed by atoms with Crippen LogP contribution in [0.1, 0.15) is 32.0 Å². The van der Waals surface area contributed by atoms with Crippen molar-refractivity contribution in [3.63, 3.8) is 0 Å². The highest BCUT2D eigenvalue weighted by atomic mass is 32.2. The molecule has 0 radical (unpaired) electrons. The molecule has 0 amide bonds. The maximum atomic E-state index is 11.9. The van der Waals surface area contributed by atoms with E-state index in [4.69, 9.17) is 5.73 Å². The van der Waals surface area contributed by atoms with E-state index in [2.05, 4.69) is 5.10 Å². The van der Waals surface area contributed by atoms with Crippen molar-refractivity contribution in [3.8, 4) is 0 Å². The monoisotopic (exact) mass is 259 g/mol. The lowest BCUT2D eigenvalue weighted by Gasteiger charge is -2.18. The Morgan fingerprint density at radius 3 is 2.41 bits per heavy atom. The lowest BCUT2D eigenvalue weighted by atomic mass is 10.3. The van der Waals surface area contributed by atoms with Crippen molar-refractivity contribution in [2.45, 2.75) is 45.5 Å². The van der Waals surface area contributed by atoms with Gasteiger partial charge in [0.2, 0.25) is 0 Å². The van der Waals surface area contributed by atoms with Gasteiger partial charge in [0.1, 0.15) is 0 Å². The van der Waals surface area contributed by atoms with Crippen molar-refractivity contribution in [1.29, 1.82) is 0 Å². The summed E-state index contributed by atoms with van der Waals surface area (Å²) in [4.78, 5) is 0. The molecular weight excluding hydrogens is 238 g/mol. The molecule has 0 fully saturated rings. The summed E-state index contributed by atoms with van der Waals surface area (Å²) in [6.45, 7) is 7.81. The molecule has 0 saturated heterocycles. The zero-order valence-corrected chi connectivity index (χ0v) is 11.7. The highest BCUT2D eigenvalue weighted by Gasteiger charge is 2.28. The normalized spacial score (nSPS) is 13.0. The van der Waals surface area contributed by atoms with Gasteiger partial charge in [-0.05, 0) is 27.7 Å². The second-order valence-corrected chi connectivity index (χ2v) is 8.00. The minimum atomic E-state index is -3.10. The first kappa shape index (κ1) is 14.2. The molecule has 2 N–H and O–H groups in total. The van der Waals surface area contributed by atoms with Gasteiger partial charge in [-0.2, -0.15) is 5.10 Å². The standard InChI is InChI=1S/C11H21N3O2S/c1-9-10(7-12)8-14(13-9)5-6-17(15,16)11(2,3)4/h8H,5-7,12H2,1-4H3. The molecule has 0 bridgehead atoms. The van der Waals surface area contributed by atoms with Gasteiger partial charge in [0.25, 0.3) is 0 Å². The fourth-order valence-corrected chi connectivity index (χ4v) is 2.43. The first-order valence-corrected chi connectivity index (χ1v) is 7.28. The molecule has 1 aromatic heterocycles. The predicted octanol–water partition coefficient (Wildman–Crippen LogP) is 0.864. The van der Waals surface area contributed by atoms with Crippen LogP contribution in [0.4, 0.5) is 0 Å². The van der Waals surface area contributed by atoms with Crippen LogP contribution in [0.2, 0.25) is 0 Å². The summed E-state index contributed by atoms with van der Waals surface area (Å²) in [5.74, 6) is 0.0988. The van der Waals surface area contributed by atoms with Gasteiger partial charge in [0.15, 0.2) is 9.84 Å². The van der Waals surface area contributed by atoms with Crippen LogP contribution >= 0.6 is 0 Å². The molecule has 0 spiro atoms. The molecule has 0 aliphatic carbocycles. The Hall–Kier alpha value is -0.880. The van der Waals surface area contributed by atoms with E-state index in [1.54, 1.807) is 25.5 Å². The largest absolute Gasteiger partial charge is 0.326 e. The minimum absolute atomic E-state index is 0.0988. The van der Waals surface area contributed by atoms with Gasteiger partial charge in [-0.15, -0.1) is 0 Å². The summed E-state index contributed by atoms with van der Waals surface area (Å²) >= 11 is 0. The van der Waals surface area contributed by atoms with E-state index < -0.39 is 14.6 Å². The van der Waals surface area contributed by atoms with Crippen molar-refractivity contribution >= 4 is 9.84 Å². The molecule has 1 rings (SSSR count). The highest BCUT2D eigenvalue weighted by Crippen LogP contribution is 2.16. The Morgan fingerprint density at radius 2 is 2.00 bits per heavy atom. The van der Waals surface area contributed by atoms with Crippen LogP contribution in [-0.2, 0) is 22.9 Å². The van der Waals surface area contributed by atoms with Gasteiger partial charge in [0, 0.05) is 18.3 Å². The van der Waals surface area contributed by atoms with E-state index >= 15 is 0 Å². The molecule has 0 aliphatic heterocycles. The smallest absolute Gasteiger partial charge is 0.157 e. The third-order valence-corrected chi connectivity index (χ3v) is 5.38. The zero-order valence-electron chi connectivity index (χ0n) is 10.9. The lowest BCUT2D eigenvalue weighted by Crippen LogP contribution is -2.32. The molecule has 6 heteroatoms. The van der Waals surface area contributed by atoms with Gasteiger partial charge in [-0.3, -0.25) is 4.68 Å². The quantitative estimate of drug-likeness (QED) is 0.870. The Kier molecular flexibility index (Phi) is 3.99. The van der Waals surface area contributed by atoms with E-state index in [1.807, 2.05) is 13.1 Å². The zero-order chi connectivity index (χ0) is 13.3. The maximum Gasteiger partial charge on any atom is 0.157 e. The topological polar surface area (TPSA) is 78.0 Å². The summed E-state index contributed by atoms with van der Waals surface area (Å²) in [6.07, 6.45) is 1.81. The molecule has 98 valence electrons. The van der Waals surface area contributed by atoms with Crippen molar-refractivity contribution < 1.29 is 8.42 Å². The molecule has 0 aliphatic rings. The number of sulfone groups is 1. The molecule has 5 nitrogen and oxygen atoms in total. The van der Waals surface area contributed by atoms with Crippen molar-refractivity contribution in [3.05, 3.63) is 17.5 Å². The lowest BCUT2D eigenvalue weighted by molar-refractivity contribution is 0.547. The fraction of sp³-hybridized carbons (Fsp3) is 0.727. The second kappa shape index (κ2) is 4.78. The van der Waals surface area contributed by atoms with E-state index in [1.165, 1.54) is 0 Å². The number of hydrogen-bond donors (Lipinski definition) is 1. The summed E-state index contributed by atoms with van der Waals surface area (Å²) < 4.78 is 24.8. The van der Waals surface area contributed by atoms with E-state index in [-0.39, 0.29) is 5.75 Å². The molecular formula is C11H21N3O2S. The van der Waals surface area contributed by atoms with Gasteiger partial charge < -0.3 is 5.73 Å². The minimum Gasteiger partial charge on any atom is -0.326 e. The third-order valence-electron chi connectivity index (χ3n) is 2.79. The average Bonchev–Trinajstić information content (AvgIpc) is 2.54. The number of aryl methyl sites for hydroxylation is 2. The van der Waals surface area contributed by atoms with E-state index in [9.17, 15) is 8.42 Å². The predicted molar refractivity (Wildman–Crippen MR) is 68.4 cm³/mol. The number of hydrogen-bond acceptors (Lipinski definition) is 4. The molecule has 0 unspecified atom stereocenters. The van der Waals surface area contributed by atoms with Crippen molar-refractivity contribution in [2.75, 3.05) is 5.75 Å². The van der Waals surface area contributed by atoms with Crippen LogP contribution in [-0.4, -0.2) is 28.7 Å². The molecule has 1 heterocycles. The maximum absolute atomic E-state index is 11.9. The van der Waals surface area contributed by atoms with Crippen LogP contribution in [0.5, 0.6) is 0 Å². The summed E-state index contributed by atoms with van der Waals surface area (Å²) in [6, 6.07) is 0. The van der Waals surface area contributed by atoms with Crippen LogP contribution in [0.15, 0.2) is 6.20 Å². The Balaban J connectivity index is 2.75. The van der Waals surface area contributed by atoms with Gasteiger partial charge in [-0.1, -0.05) is 0 Å². The van der Waals surface area contributed by atoms with Gasteiger partial charge in [0.05, 0.1) is 22.7 Å². The average molecular weight is 259 g/mol. The number of aromatic nitrogens is 2. The van der Waals surface area contributed by atoms with Crippen LogP contribution in [0, 0.1) is 6.92 Å².